The molecule has 6 aliphatic rings. The molecule has 17 N–H and O–H groups in total. The normalized spacial score (nSPS) is 33.6. The molecule has 0 saturated carbocycles. The predicted octanol–water partition coefficient (Wildman–Crippen LogP) is 3.16. The topological polar surface area (TPSA) is 460 Å². The molecule has 492 valence electrons. The van der Waals surface area contributed by atoms with E-state index in [1.807, 2.05) is 87.4 Å². The quantitative estimate of drug-likeness (QED) is 0.0603. The fraction of sp³-hybridized carbons (Fsp3) is 0.629. The Labute approximate surface area is 523 Å². The standard InChI is InChI=1S/C62H90N13O14P/c1-29-20-39-40(21-30(29)2)75(28-70-39)52-53(84)41(27-76)87-57(52)89-90(85,86)88-31(3)26-69-49(83)18-19-59(8)37(22-46(66)80)56-62(11)61(10,25-48(68)82)36(14-17-45(65)79)51(74-62)33(5)55-60(9,24-47(67)81)34(12-15-43(63)77)38(71-55)23-42-58(6,7)35(13-16-44(64)78)50(72-42)32(4)54(59)73-56/h20-21,23,28,31,34-37,41,52-53,56-57,71,76,84H,12-19,22,24-27H2,1-11H3,(H2,63,77)(H2,64,78)(H2,65,79)(H2,66,80)(H2,67,81)(H2,68,82)(H,69,83)(H,85,86)/b38-23?,50-32-,55-33-/t31-,34-,35-,36-,37+,41-,52-,53-,56-,57-,59-,60+,61+,62+/m1/s1. The van der Waals surface area contributed by atoms with Crippen molar-refractivity contribution in [3.8, 4) is 0 Å². The van der Waals surface area contributed by atoms with Gasteiger partial charge in [0.2, 0.25) is 41.4 Å². The molecular formula is C62H90N13O14P. The lowest BCUT2D eigenvalue weighted by molar-refractivity contribution is -0.124. The molecule has 90 heavy (non-hydrogen) atoms. The summed E-state index contributed by atoms with van der Waals surface area (Å²) in [4.78, 5) is 126. The molecule has 15 atom stereocenters. The van der Waals surface area contributed by atoms with Crippen LogP contribution in [0.2, 0.25) is 0 Å². The first-order chi connectivity index (χ1) is 41.8. The number of hydrogen-bond donors (Lipinski definition) is 11. The maximum Gasteiger partial charge on any atom is 0.474 e. The van der Waals surface area contributed by atoms with Gasteiger partial charge in [-0.15, -0.1) is 0 Å². The van der Waals surface area contributed by atoms with Crippen LogP contribution in [0.1, 0.15) is 150 Å². The van der Waals surface area contributed by atoms with Gasteiger partial charge in [0.25, 0.3) is 0 Å². The number of aliphatic hydroxyl groups is 2. The number of fused-ring (bicyclic) bond motifs is 7. The van der Waals surface area contributed by atoms with Crippen molar-refractivity contribution in [3.05, 3.63) is 63.9 Å². The van der Waals surface area contributed by atoms with E-state index in [2.05, 4.69) is 15.6 Å². The first kappa shape index (κ1) is 68.9. The Bertz CT molecular complexity index is 3540. The highest BCUT2D eigenvalue weighted by atomic mass is 31.2. The van der Waals surface area contributed by atoms with Crippen LogP contribution in [0.5, 0.6) is 0 Å². The van der Waals surface area contributed by atoms with Gasteiger partial charge in [-0.1, -0.05) is 34.6 Å². The first-order valence-corrected chi connectivity index (χ1v) is 32.1. The SMILES string of the molecule is C/C1=C2/N=C(C=C3N/C(=C(/C)C4=N[C@@](C)([C@@H]5N=C1[C@](C)(CCC(=O)NC[C@@H](C)OP(=O)(O)O[C@H]1O[C@H](CO)[C@@H](O)[C@H]1n1cnc6cc(C)c(C)cc61)[C@H]5CC(N)=O)[C@@](C)(CC(N)=O)[C@@H]4CCC(N)=O)[C@@](C)(CC(N)=O)[C@@H]3CCC(N)=O)C(C)(C)[C@@H]2CCC(N)=O. The monoisotopic (exact) mass is 1270 g/mol. The van der Waals surface area contributed by atoms with Crippen LogP contribution in [0.3, 0.4) is 0 Å². The van der Waals surface area contributed by atoms with Crippen molar-refractivity contribution in [2.24, 2.45) is 94.7 Å². The molecular weight excluding hydrogens is 1180 g/mol. The number of nitrogens with zero attached hydrogens (tertiary/aromatic N) is 5. The molecule has 7 heterocycles. The van der Waals surface area contributed by atoms with Gasteiger partial charge >= 0.3 is 7.82 Å². The summed E-state index contributed by atoms with van der Waals surface area (Å²) in [6.45, 7) is 19.3. The minimum absolute atomic E-state index is 0.00930. The van der Waals surface area contributed by atoms with Gasteiger partial charge in [0.05, 0.1) is 41.7 Å². The second kappa shape index (κ2) is 25.6. The number of carbonyl (C=O) groups excluding carboxylic acids is 7. The third-order valence-corrected chi connectivity index (χ3v) is 21.7. The van der Waals surface area contributed by atoms with E-state index in [9.17, 15) is 53.2 Å². The number of hydrogen-bond acceptors (Lipinski definition) is 18. The number of ether oxygens (including phenoxy) is 1. The van der Waals surface area contributed by atoms with Gasteiger partial charge in [-0.2, -0.15) is 0 Å². The number of aryl methyl sites for hydroxylation is 2. The summed E-state index contributed by atoms with van der Waals surface area (Å²) >= 11 is 0. The van der Waals surface area contributed by atoms with Gasteiger partial charge in [0.1, 0.15) is 18.2 Å². The average molecular weight is 1270 g/mol. The highest BCUT2D eigenvalue weighted by Crippen LogP contribution is 2.63. The lowest BCUT2D eigenvalue weighted by Crippen LogP contribution is -2.56. The van der Waals surface area contributed by atoms with Crippen molar-refractivity contribution in [1.82, 2.24) is 20.2 Å². The van der Waals surface area contributed by atoms with Crippen molar-refractivity contribution in [1.29, 1.82) is 0 Å². The van der Waals surface area contributed by atoms with E-state index in [1.165, 1.54) is 13.3 Å². The molecule has 0 spiro atoms. The number of benzene rings is 1. The molecule has 0 aliphatic carbocycles. The van der Waals surface area contributed by atoms with Crippen molar-refractivity contribution in [3.63, 3.8) is 0 Å². The Kier molecular flexibility index (Phi) is 19.6. The molecule has 27 nitrogen and oxygen atoms in total. The molecule has 7 amide bonds. The number of allylic oxidation sites excluding steroid dienone is 6. The van der Waals surface area contributed by atoms with E-state index in [1.54, 1.807) is 4.57 Å². The smallest absolute Gasteiger partial charge is 0.394 e. The lowest BCUT2D eigenvalue weighted by Gasteiger charge is -2.48. The van der Waals surface area contributed by atoms with Gasteiger partial charge in [-0.05, 0) is 108 Å². The van der Waals surface area contributed by atoms with Crippen LogP contribution in [0.25, 0.3) is 11.0 Å². The molecule has 8 rings (SSSR count). The molecule has 2 fully saturated rings. The summed E-state index contributed by atoms with van der Waals surface area (Å²) in [5.41, 5.74) is 37.3. The van der Waals surface area contributed by atoms with Gasteiger partial charge in [0.15, 0.2) is 6.29 Å². The van der Waals surface area contributed by atoms with E-state index < -0.39 is 143 Å². The van der Waals surface area contributed by atoms with Crippen LogP contribution >= 0.6 is 7.82 Å². The average Bonchev–Trinajstić information content (AvgIpc) is 1.53. The van der Waals surface area contributed by atoms with Crippen molar-refractivity contribution < 1.29 is 67.0 Å². The number of rotatable bonds is 26. The maximum atomic E-state index is 14.4. The lowest BCUT2D eigenvalue weighted by atomic mass is 9.55. The molecule has 6 aliphatic heterocycles. The summed E-state index contributed by atoms with van der Waals surface area (Å²) in [6, 6.07) is 1.52. The summed E-state index contributed by atoms with van der Waals surface area (Å²) in [5.74, 6) is -7.17. The van der Waals surface area contributed by atoms with E-state index in [-0.39, 0.29) is 77.2 Å². The van der Waals surface area contributed by atoms with Crippen LogP contribution in [-0.4, -0.2) is 132 Å². The summed E-state index contributed by atoms with van der Waals surface area (Å²) < 4.78 is 32.3. The molecule has 8 bridgehead atoms. The molecule has 1 unspecified atom stereocenters. The second-order valence-electron chi connectivity index (χ2n) is 27.1. The van der Waals surface area contributed by atoms with Gasteiger partial charge < -0.3 is 69.4 Å². The fourth-order valence-corrected chi connectivity index (χ4v) is 16.5. The Morgan fingerprint density at radius 1 is 0.800 bits per heavy atom. The number of phosphoric acid groups is 1. The van der Waals surface area contributed by atoms with Crippen LogP contribution in [0.15, 0.2) is 67.8 Å². The van der Waals surface area contributed by atoms with E-state index >= 15 is 0 Å². The van der Waals surface area contributed by atoms with Crippen molar-refractivity contribution in [2.75, 3.05) is 13.2 Å². The zero-order chi connectivity index (χ0) is 66.7. The number of primary amides is 6. The molecule has 1 aromatic heterocycles. The molecule has 1 aromatic carbocycles. The molecule has 2 saturated heterocycles. The molecule has 0 radical (unpaired) electrons. The first-order valence-electron chi connectivity index (χ1n) is 30.6. The van der Waals surface area contributed by atoms with Crippen molar-refractivity contribution >= 4 is 77.3 Å². The van der Waals surface area contributed by atoms with Crippen molar-refractivity contribution in [2.45, 2.75) is 189 Å². The number of carbonyl (C=O) groups is 7. The summed E-state index contributed by atoms with van der Waals surface area (Å²) in [6.07, 6.45) is -2.93. The van der Waals surface area contributed by atoms with E-state index in [4.69, 9.17) is 63.2 Å². The third-order valence-electron chi connectivity index (χ3n) is 20.6. The molecule has 2 aromatic rings. The number of phosphoric ester groups is 1. The largest absolute Gasteiger partial charge is 0.474 e. The highest BCUT2D eigenvalue weighted by molar-refractivity contribution is 7.47. The number of nitrogens with one attached hydrogen (secondary N) is 2. The Balaban J connectivity index is 1.21. The number of aliphatic imine (C=N–C) groups is 3. The minimum atomic E-state index is -5.07. The zero-order valence-electron chi connectivity index (χ0n) is 53.3. The second-order valence-corrected chi connectivity index (χ2v) is 28.4. The molecule has 28 heteroatoms. The fourth-order valence-electron chi connectivity index (χ4n) is 15.5. The van der Waals surface area contributed by atoms with Crippen LogP contribution < -0.4 is 45.0 Å². The number of aromatic nitrogens is 2. The predicted molar refractivity (Wildman–Crippen MR) is 334 cm³/mol. The number of amides is 7. The Morgan fingerprint density at radius 3 is 1.99 bits per heavy atom. The van der Waals surface area contributed by atoms with Crippen LogP contribution in [-0.2, 0) is 51.9 Å². The maximum absolute atomic E-state index is 14.4. The number of imidazole rings is 1. The van der Waals surface area contributed by atoms with Gasteiger partial charge in [-0.3, -0.25) is 57.6 Å². The van der Waals surface area contributed by atoms with Gasteiger partial charge in [0, 0.05) is 131 Å². The zero-order valence-corrected chi connectivity index (χ0v) is 54.1. The third kappa shape index (κ3) is 13.0. The Morgan fingerprint density at radius 2 is 1.40 bits per heavy atom. The van der Waals surface area contributed by atoms with E-state index in [0.717, 1.165) is 11.1 Å². The van der Waals surface area contributed by atoms with Crippen LogP contribution in [0, 0.1) is 59.2 Å². The number of aliphatic hydroxyl groups excluding tert-OH is 2. The number of nitrogens with two attached hydrogens (primary N) is 6. The summed E-state index contributed by atoms with van der Waals surface area (Å²) in [5, 5.41) is 27.9. The minimum Gasteiger partial charge on any atom is -0.394 e. The van der Waals surface area contributed by atoms with Crippen LogP contribution in [0.4, 0.5) is 0 Å². The highest BCUT2D eigenvalue weighted by Gasteiger charge is 2.66. The van der Waals surface area contributed by atoms with Gasteiger partial charge in [-0.25, -0.2) is 9.55 Å². The summed E-state index contributed by atoms with van der Waals surface area (Å²) in [7, 11) is -5.07. The Hall–Kier alpha value is -7.00. The van der Waals surface area contributed by atoms with E-state index in [0.29, 0.717) is 56.4 Å².